The fraction of sp³-hybridized carbons (Fsp3) is 0.300. The molecule has 1 amide bonds. The molecule has 0 radical (unpaired) electrons. The monoisotopic (exact) mass is 354 g/mol. The zero-order valence-electron chi connectivity index (χ0n) is 14.9. The topological polar surface area (TPSA) is 67.9 Å². The normalized spacial score (nSPS) is 16.5. The van der Waals surface area contributed by atoms with E-state index in [9.17, 15) is 9.59 Å². The standard InChI is InChI=1S/C20H22N2O4/c1-25-17-9-5-8-16(11-17)21-19(23)13-22-12-15-7-4-3-6-14(15)10-18(22)20(24)26-2/h3-9,11,18H,10,12-13H2,1-2H3,(H,21,23)/t18-/m1/s1. The third-order valence-electron chi connectivity index (χ3n) is 4.52. The Balaban J connectivity index is 1.73. The van der Waals surface area contributed by atoms with Gasteiger partial charge >= 0.3 is 5.97 Å². The smallest absolute Gasteiger partial charge is 0.323 e. The van der Waals surface area contributed by atoms with Crippen molar-refractivity contribution in [3.05, 3.63) is 59.7 Å². The Labute approximate surface area is 152 Å². The fourth-order valence-corrected chi connectivity index (χ4v) is 3.20. The van der Waals surface area contributed by atoms with Crippen LogP contribution in [0.5, 0.6) is 5.75 Å². The number of methoxy groups -OCH3 is 2. The number of hydrogen-bond donors (Lipinski definition) is 1. The Kier molecular flexibility index (Phi) is 5.53. The third kappa shape index (κ3) is 4.03. The van der Waals surface area contributed by atoms with Crippen LogP contribution in [-0.2, 0) is 27.3 Å². The van der Waals surface area contributed by atoms with E-state index in [2.05, 4.69) is 5.32 Å². The van der Waals surface area contributed by atoms with E-state index in [-0.39, 0.29) is 18.4 Å². The largest absolute Gasteiger partial charge is 0.497 e. The molecule has 2 aromatic carbocycles. The second-order valence-electron chi connectivity index (χ2n) is 6.20. The number of anilines is 1. The van der Waals surface area contributed by atoms with E-state index in [1.54, 1.807) is 19.2 Å². The van der Waals surface area contributed by atoms with Gasteiger partial charge in [-0.15, -0.1) is 0 Å². The minimum Gasteiger partial charge on any atom is -0.497 e. The molecule has 0 saturated carbocycles. The number of ether oxygens (including phenoxy) is 2. The molecule has 1 aliphatic heterocycles. The van der Waals surface area contributed by atoms with Gasteiger partial charge in [-0.25, -0.2) is 0 Å². The molecule has 0 spiro atoms. The number of esters is 1. The molecule has 26 heavy (non-hydrogen) atoms. The van der Waals surface area contributed by atoms with Crippen LogP contribution < -0.4 is 10.1 Å². The van der Waals surface area contributed by atoms with Crippen LogP contribution >= 0.6 is 0 Å². The summed E-state index contributed by atoms with van der Waals surface area (Å²) in [6.45, 7) is 0.632. The number of benzene rings is 2. The summed E-state index contributed by atoms with van der Waals surface area (Å²) in [5.41, 5.74) is 2.90. The Hall–Kier alpha value is -2.86. The third-order valence-corrected chi connectivity index (χ3v) is 4.52. The lowest BCUT2D eigenvalue weighted by atomic mass is 9.94. The van der Waals surface area contributed by atoms with Crippen molar-refractivity contribution in [1.82, 2.24) is 4.90 Å². The summed E-state index contributed by atoms with van der Waals surface area (Å²) < 4.78 is 10.1. The first-order valence-corrected chi connectivity index (χ1v) is 8.43. The van der Waals surface area contributed by atoms with E-state index < -0.39 is 6.04 Å². The fourth-order valence-electron chi connectivity index (χ4n) is 3.20. The van der Waals surface area contributed by atoms with Crippen LogP contribution in [0.25, 0.3) is 0 Å². The highest BCUT2D eigenvalue weighted by atomic mass is 16.5. The van der Waals surface area contributed by atoms with Gasteiger partial charge in [0.05, 0.1) is 20.8 Å². The molecule has 0 saturated heterocycles. The minimum absolute atomic E-state index is 0.102. The minimum atomic E-state index is -0.467. The van der Waals surface area contributed by atoms with Gasteiger partial charge in [0.25, 0.3) is 0 Å². The summed E-state index contributed by atoms with van der Waals surface area (Å²) in [4.78, 5) is 26.6. The van der Waals surface area contributed by atoms with Crippen molar-refractivity contribution in [2.45, 2.75) is 19.0 Å². The van der Waals surface area contributed by atoms with Crippen LogP contribution in [0.1, 0.15) is 11.1 Å². The van der Waals surface area contributed by atoms with E-state index in [0.29, 0.717) is 24.4 Å². The van der Waals surface area contributed by atoms with Crippen LogP contribution in [-0.4, -0.2) is 43.6 Å². The highest BCUT2D eigenvalue weighted by Gasteiger charge is 2.33. The maximum Gasteiger partial charge on any atom is 0.323 e. The average molecular weight is 354 g/mol. The molecule has 1 N–H and O–H groups in total. The maximum absolute atomic E-state index is 12.5. The lowest BCUT2D eigenvalue weighted by molar-refractivity contribution is -0.148. The Morgan fingerprint density at radius 3 is 2.62 bits per heavy atom. The van der Waals surface area contributed by atoms with Gasteiger partial charge in [0.15, 0.2) is 0 Å². The van der Waals surface area contributed by atoms with Crippen molar-refractivity contribution >= 4 is 17.6 Å². The molecule has 1 atom stereocenters. The van der Waals surface area contributed by atoms with E-state index in [1.165, 1.54) is 7.11 Å². The molecule has 0 unspecified atom stereocenters. The number of fused-ring (bicyclic) bond motifs is 1. The Morgan fingerprint density at radius 1 is 1.12 bits per heavy atom. The highest BCUT2D eigenvalue weighted by Crippen LogP contribution is 2.24. The molecular weight excluding hydrogens is 332 g/mol. The summed E-state index contributed by atoms with van der Waals surface area (Å²) in [7, 11) is 2.95. The SMILES string of the molecule is COC(=O)[C@H]1Cc2ccccc2CN1CC(=O)Nc1cccc(OC)c1. The van der Waals surface area contributed by atoms with Gasteiger partial charge in [0, 0.05) is 18.3 Å². The summed E-state index contributed by atoms with van der Waals surface area (Å²) >= 11 is 0. The number of rotatable bonds is 5. The molecular formula is C20H22N2O4. The number of nitrogens with one attached hydrogen (secondary N) is 1. The van der Waals surface area contributed by atoms with E-state index >= 15 is 0 Å². The van der Waals surface area contributed by atoms with Crippen LogP contribution in [0, 0.1) is 0 Å². The van der Waals surface area contributed by atoms with Crippen LogP contribution in [0.4, 0.5) is 5.69 Å². The number of hydrogen-bond acceptors (Lipinski definition) is 5. The van der Waals surface area contributed by atoms with Crippen LogP contribution in [0.15, 0.2) is 48.5 Å². The molecule has 0 aromatic heterocycles. The van der Waals surface area contributed by atoms with Gasteiger partial charge in [-0.05, 0) is 29.7 Å². The summed E-state index contributed by atoms with van der Waals surface area (Å²) in [5, 5.41) is 2.85. The van der Waals surface area contributed by atoms with Crippen molar-refractivity contribution in [2.24, 2.45) is 0 Å². The molecule has 2 aromatic rings. The first-order valence-electron chi connectivity index (χ1n) is 8.43. The second-order valence-corrected chi connectivity index (χ2v) is 6.20. The van der Waals surface area contributed by atoms with Crippen molar-refractivity contribution < 1.29 is 19.1 Å². The van der Waals surface area contributed by atoms with E-state index in [4.69, 9.17) is 9.47 Å². The van der Waals surface area contributed by atoms with Gasteiger partial charge in [-0.1, -0.05) is 30.3 Å². The first-order chi connectivity index (χ1) is 12.6. The molecule has 1 heterocycles. The molecule has 3 rings (SSSR count). The Morgan fingerprint density at radius 2 is 1.88 bits per heavy atom. The van der Waals surface area contributed by atoms with E-state index in [0.717, 1.165) is 11.1 Å². The summed E-state index contributed by atoms with van der Waals surface area (Å²) in [5.74, 6) is 0.155. The number of carbonyl (C=O) groups excluding carboxylic acids is 2. The molecule has 6 nitrogen and oxygen atoms in total. The zero-order valence-corrected chi connectivity index (χ0v) is 14.9. The predicted molar refractivity (Wildman–Crippen MR) is 98.0 cm³/mol. The summed E-state index contributed by atoms with van der Waals surface area (Å²) in [6, 6.07) is 14.7. The lowest BCUT2D eigenvalue weighted by Crippen LogP contribution is -2.49. The average Bonchev–Trinajstić information content (AvgIpc) is 2.66. The van der Waals surface area contributed by atoms with Crippen molar-refractivity contribution in [3.8, 4) is 5.75 Å². The van der Waals surface area contributed by atoms with Gasteiger partial charge in [0.1, 0.15) is 11.8 Å². The molecule has 6 heteroatoms. The molecule has 0 fully saturated rings. The van der Waals surface area contributed by atoms with Gasteiger partial charge < -0.3 is 14.8 Å². The molecule has 0 aliphatic carbocycles. The van der Waals surface area contributed by atoms with Crippen molar-refractivity contribution in [2.75, 3.05) is 26.1 Å². The number of amides is 1. The molecule has 136 valence electrons. The van der Waals surface area contributed by atoms with Gasteiger partial charge in [-0.3, -0.25) is 14.5 Å². The molecule has 1 aliphatic rings. The van der Waals surface area contributed by atoms with Crippen LogP contribution in [0.3, 0.4) is 0 Å². The van der Waals surface area contributed by atoms with Gasteiger partial charge in [-0.2, -0.15) is 0 Å². The maximum atomic E-state index is 12.5. The Bertz CT molecular complexity index is 806. The predicted octanol–water partition coefficient (Wildman–Crippen LogP) is 2.23. The second kappa shape index (κ2) is 8.01. The lowest BCUT2D eigenvalue weighted by Gasteiger charge is -2.34. The number of carbonyl (C=O) groups is 2. The quantitative estimate of drug-likeness (QED) is 0.834. The van der Waals surface area contributed by atoms with E-state index in [1.807, 2.05) is 41.3 Å². The summed E-state index contributed by atoms with van der Waals surface area (Å²) in [6.07, 6.45) is 0.537. The van der Waals surface area contributed by atoms with Crippen molar-refractivity contribution in [3.63, 3.8) is 0 Å². The highest BCUT2D eigenvalue weighted by molar-refractivity contribution is 5.93. The van der Waals surface area contributed by atoms with Crippen molar-refractivity contribution in [1.29, 1.82) is 0 Å². The first kappa shape index (κ1) is 17.9. The number of nitrogens with zero attached hydrogens (tertiary/aromatic N) is 1. The van der Waals surface area contributed by atoms with Crippen LogP contribution in [0.2, 0.25) is 0 Å². The van der Waals surface area contributed by atoms with Gasteiger partial charge in [0.2, 0.25) is 5.91 Å². The molecule has 0 bridgehead atoms. The zero-order chi connectivity index (χ0) is 18.5.